The minimum Gasteiger partial charge on any atom is -0.338 e. The van der Waals surface area contributed by atoms with Crippen LogP contribution >= 0.6 is 15.9 Å². The van der Waals surface area contributed by atoms with Crippen molar-refractivity contribution < 1.29 is 4.79 Å². The third-order valence-electron chi connectivity index (χ3n) is 3.89. The summed E-state index contributed by atoms with van der Waals surface area (Å²) < 4.78 is 2.44. The minimum absolute atomic E-state index is 0.0434. The molecule has 0 spiro atoms. The van der Waals surface area contributed by atoms with Gasteiger partial charge in [0.05, 0.1) is 10.0 Å². The minimum atomic E-state index is 0.0434. The van der Waals surface area contributed by atoms with Gasteiger partial charge in [-0.1, -0.05) is 13.8 Å². The Morgan fingerprint density at radius 1 is 1.23 bits per heavy atom. The summed E-state index contributed by atoms with van der Waals surface area (Å²) in [6.07, 6.45) is 5.94. The summed E-state index contributed by atoms with van der Waals surface area (Å²) in [5, 5.41) is 7.53. The van der Waals surface area contributed by atoms with Gasteiger partial charge in [0.25, 0.3) is 5.91 Å². The molecule has 2 atom stereocenters. The number of piperidine rings is 1. The van der Waals surface area contributed by atoms with Crippen LogP contribution < -0.4 is 0 Å². The van der Waals surface area contributed by atoms with Crippen molar-refractivity contribution in [2.75, 3.05) is 13.1 Å². The molecule has 3 heterocycles. The van der Waals surface area contributed by atoms with Crippen LogP contribution in [0, 0.1) is 11.8 Å². The lowest BCUT2D eigenvalue weighted by Crippen LogP contribution is -2.42. The fourth-order valence-corrected chi connectivity index (χ4v) is 3.61. The lowest BCUT2D eigenvalue weighted by atomic mass is 9.91. The average Bonchev–Trinajstić information content (AvgIpc) is 2.99. The number of rotatable bonds is 2. The summed E-state index contributed by atoms with van der Waals surface area (Å²) in [6.45, 7) is 6.01. The first-order valence-electron chi connectivity index (χ1n) is 7.34. The van der Waals surface area contributed by atoms with Gasteiger partial charge in [-0.2, -0.15) is 0 Å². The molecule has 1 aliphatic rings. The zero-order chi connectivity index (χ0) is 15.7. The van der Waals surface area contributed by atoms with Crippen molar-refractivity contribution in [3.05, 3.63) is 35.0 Å². The van der Waals surface area contributed by atoms with Crippen molar-refractivity contribution in [2.24, 2.45) is 11.8 Å². The van der Waals surface area contributed by atoms with E-state index in [9.17, 15) is 4.79 Å². The number of carbonyl (C=O) groups excluding carboxylic acids is 1. The van der Waals surface area contributed by atoms with Crippen molar-refractivity contribution in [1.29, 1.82) is 0 Å². The van der Waals surface area contributed by atoms with Gasteiger partial charge in [-0.15, -0.1) is 10.2 Å². The van der Waals surface area contributed by atoms with Crippen LogP contribution in [0.2, 0.25) is 0 Å². The fourth-order valence-electron chi connectivity index (χ4n) is 3.06. The Bertz CT molecular complexity index is 663. The van der Waals surface area contributed by atoms with Crippen LogP contribution in [-0.2, 0) is 0 Å². The number of hydrogen-bond donors (Lipinski definition) is 0. The zero-order valence-electron chi connectivity index (χ0n) is 12.6. The highest BCUT2D eigenvalue weighted by Gasteiger charge is 2.26. The maximum Gasteiger partial charge on any atom is 0.255 e. The molecule has 0 aliphatic carbocycles. The third-order valence-corrected chi connectivity index (χ3v) is 4.47. The molecule has 0 bridgehead atoms. The Morgan fingerprint density at radius 2 is 1.86 bits per heavy atom. The Hall–Kier alpha value is -1.76. The van der Waals surface area contributed by atoms with Gasteiger partial charge in [-0.05, 0) is 40.3 Å². The fraction of sp³-hybridized carbons (Fsp3) is 0.467. The Kier molecular flexibility index (Phi) is 4.24. The van der Waals surface area contributed by atoms with Gasteiger partial charge in [0.15, 0.2) is 5.82 Å². The third kappa shape index (κ3) is 3.04. The molecule has 1 saturated heterocycles. The summed E-state index contributed by atoms with van der Waals surface area (Å²) in [4.78, 5) is 19.0. The summed E-state index contributed by atoms with van der Waals surface area (Å²) >= 11 is 3.47. The molecule has 2 aromatic heterocycles. The molecule has 0 radical (unpaired) electrons. The number of amides is 1. The van der Waals surface area contributed by atoms with E-state index in [1.807, 2.05) is 11.0 Å². The van der Waals surface area contributed by atoms with Gasteiger partial charge in [0.2, 0.25) is 0 Å². The lowest BCUT2D eigenvalue weighted by molar-refractivity contribution is 0.0622. The number of pyridine rings is 1. The number of aromatic nitrogens is 4. The van der Waals surface area contributed by atoms with E-state index in [0.29, 0.717) is 23.2 Å². The second-order valence-corrected chi connectivity index (χ2v) is 6.91. The first-order chi connectivity index (χ1) is 10.5. The summed E-state index contributed by atoms with van der Waals surface area (Å²) in [6, 6.07) is 1.81. The van der Waals surface area contributed by atoms with Gasteiger partial charge in [0, 0.05) is 19.3 Å². The van der Waals surface area contributed by atoms with E-state index >= 15 is 0 Å². The molecule has 7 heteroatoms. The highest BCUT2D eigenvalue weighted by Crippen LogP contribution is 2.24. The predicted octanol–water partition coefficient (Wildman–Crippen LogP) is 2.54. The quantitative estimate of drug-likeness (QED) is 0.822. The predicted molar refractivity (Wildman–Crippen MR) is 85.7 cm³/mol. The van der Waals surface area contributed by atoms with Crippen LogP contribution in [0.4, 0.5) is 0 Å². The normalized spacial score (nSPS) is 21.9. The van der Waals surface area contributed by atoms with Crippen molar-refractivity contribution in [3.8, 4) is 5.82 Å². The molecule has 1 fully saturated rings. The van der Waals surface area contributed by atoms with Gasteiger partial charge in [-0.25, -0.2) is 4.98 Å². The number of halogens is 1. The maximum atomic E-state index is 12.7. The second kappa shape index (κ2) is 6.16. The Morgan fingerprint density at radius 3 is 2.45 bits per heavy atom. The topological polar surface area (TPSA) is 63.9 Å². The van der Waals surface area contributed by atoms with Crippen molar-refractivity contribution in [1.82, 2.24) is 24.6 Å². The molecule has 3 rings (SSSR count). The van der Waals surface area contributed by atoms with Gasteiger partial charge in [-0.3, -0.25) is 9.36 Å². The van der Waals surface area contributed by atoms with E-state index in [1.54, 1.807) is 23.4 Å². The molecule has 22 heavy (non-hydrogen) atoms. The van der Waals surface area contributed by atoms with Crippen LogP contribution in [-0.4, -0.2) is 43.6 Å². The summed E-state index contributed by atoms with van der Waals surface area (Å²) in [7, 11) is 0. The molecule has 1 aliphatic heterocycles. The van der Waals surface area contributed by atoms with Gasteiger partial charge < -0.3 is 4.90 Å². The van der Waals surface area contributed by atoms with E-state index in [2.05, 4.69) is 45.0 Å². The zero-order valence-corrected chi connectivity index (χ0v) is 14.2. The van der Waals surface area contributed by atoms with Crippen LogP contribution in [0.5, 0.6) is 0 Å². The molecule has 2 unspecified atom stereocenters. The molecular formula is C15H18BrN5O. The lowest BCUT2D eigenvalue weighted by Gasteiger charge is -2.35. The van der Waals surface area contributed by atoms with E-state index in [1.165, 1.54) is 6.42 Å². The number of likely N-dealkylation sites (tertiary alicyclic amines) is 1. The van der Waals surface area contributed by atoms with Crippen molar-refractivity contribution in [3.63, 3.8) is 0 Å². The van der Waals surface area contributed by atoms with Crippen molar-refractivity contribution >= 4 is 21.8 Å². The molecule has 6 nitrogen and oxygen atoms in total. The Labute approximate surface area is 137 Å². The van der Waals surface area contributed by atoms with Crippen LogP contribution in [0.1, 0.15) is 30.6 Å². The number of carbonyl (C=O) groups is 1. The number of hydrogen-bond acceptors (Lipinski definition) is 4. The first kappa shape index (κ1) is 15.1. The van der Waals surface area contributed by atoms with Gasteiger partial charge >= 0.3 is 0 Å². The Balaban J connectivity index is 1.83. The largest absolute Gasteiger partial charge is 0.338 e. The summed E-state index contributed by atoms with van der Waals surface area (Å²) in [5.41, 5.74) is 0.602. The van der Waals surface area contributed by atoms with Crippen LogP contribution in [0.15, 0.2) is 29.4 Å². The second-order valence-electron chi connectivity index (χ2n) is 6.05. The molecule has 1 amide bonds. The maximum absolute atomic E-state index is 12.7. The van der Waals surface area contributed by atoms with E-state index in [0.717, 1.165) is 17.6 Å². The van der Waals surface area contributed by atoms with E-state index in [-0.39, 0.29) is 5.91 Å². The first-order valence-corrected chi connectivity index (χ1v) is 8.13. The molecular weight excluding hydrogens is 346 g/mol. The highest BCUT2D eigenvalue weighted by atomic mass is 79.9. The molecule has 0 N–H and O–H groups in total. The van der Waals surface area contributed by atoms with Gasteiger partial charge in [0.1, 0.15) is 12.7 Å². The molecule has 116 valence electrons. The average molecular weight is 364 g/mol. The van der Waals surface area contributed by atoms with Crippen LogP contribution in [0.3, 0.4) is 0 Å². The summed E-state index contributed by atoms with van der Waals surface area (Å²) in [5.74, 6) is 1.80. The highest BCUT2D eigenvalue weighted by molar-refractivity contribution is 9.10. The SMILES string of the molecule is CC1CC(C)CN(C(=O)c2cnc(-n3cnnc3)c(Br)c2)C1. The smallest absolute Gasteiger partial charge is 0.255 e. The number of nitrogens with zero attached hydrogens (tertiary/aromatic N) is 5. The van der Waals surface area contributed by atoms with Crippen molar-refractivity contribution in [2.45, 2.75) is 20.3 Å². The molecule has 0 aromatic carbocycles. The molecule has 2 aromatic rings. The standard InChI is InChI=1S/C15H18BrN5O/c1-10-3-11(2)7-20(6-10)15(22)12-4-13(16)14(17-5-12)21-8-18-19-9-21/h4-5,8-11H,3,6-7H2,1-2H3. The van der Waals surface area contributed by atoms with E-state index in [4.69, 9.17) is 0 Å². The monoisotopic (exact) mass is 363 g/mol. The molecule has 0 saturated carbocycles. The van der Waals surface area contributed by atoms with E-state index < -0.39 is 0 Å². The van der Waals surface area contributed by atoms with Crippen LogP contribution in [0.25, 0.3) is 5.82 Å².